The molecule has 0 amide bonds. The van der Waals surface area contributed by atoms with Crippen LogP contribution in [0.5, 0.6) is 0 Å². The summed E-state index contributed by atoms with van der Waals surface area (Å²) in [5.41, 5.74) is 3.15. The molecule has 28 heavy (non-hydrogen) atoms. The summed E-state index contributed by atoms with van der Waals surface area (Å²) in [5, 5.41) is 0. The first-order valence-electron chi connectivity index (χ1n) is 12.9. The molecule has 0 heterocycles. The minimum atomic E-state index is 0.839. The predicted octanol–water partition coefficient (Wildman–Crippen LogP) is 9.08. The minimum absolute atomic E-state index is 0.839. The number of aryl methyl sites for hydroxylation is 1. The summed E-state index contributed by atoms with van der Waals surface area (Å²) in [6.07, 6.45) is 23.2. The van der Waals surface area contributed by atoms with Crippen LogP contribution in [0.1, 0.15) is 127 Å². The third-order valence-electron chi connectivity index (χ3n) is 8.07. The van der Waals surface area contributed by atoms with Gasteiger partial charge >= 0.3 is 0 Å². The first-order valence-corrected chi connectivity index (χ1v) is 12.9. The van der Waals surface area contributed by atoms with Crippen molar-refractivity contribution in [2.45, 2.75) is 122 Å². The molecule has 0 bridgehead atoms. The van der Waals surface area contributed by atoms with Crippen molar-refractivity contribution >= 4 is 0 Å². The van der Waals surface area contributed by atoms with E-state index in [2.05, 4.69) is 38.1 Å². The topological polar surface area (TPSA) is 0 Å². The van der Waals surface area contributed by atoms with Crippen LogP contribution in [0.4, 0.5) is 0 Å². The third kappa shape index (κ3) is 6.64. The zero-order chi connectivity index (χ0) is 19.6. The molecule has 158 valence electrons. The Hall–Kier alpha value is -0.780. The summed E-state index contributed by atoms with van der Waals surface area (Å²) < 4.78 is 0. The second kappa shape index (κ2) is 12.0. The molecule has 0 N–H and O–H groups in total. The Morgan fingerprint density at radius 2 is 1.25 bits per heavy atom. The largest absolute Gasteiger partial charge is 0.0654 e. The highest BCUT2D eigenvalue weighted by molar-refractivity contribution is 5.26. The van der Waals surface area contributed by atoms with Crippen molar-refractivity contribution in [3.8, 4) is 0 Å². The molecule has 2 aliphatic rings. The number of unbranched alkanes of at least 4 members (excludes halogenated alkanes) is 4. The van der Waals surface area contributed by atoms with Gasteiger partial charge in [0.2, 0.25) is 0 Å². The van der Waals surface area contributed by atoms with E-state index in [0.29, 0.717) is 0 Å². The summed E-state index contributed by atoms with van der Waals surface area (Å²) >= 11 is 0. The van der Waals surface area contributed by atoms with Gasteiger partial charge in [-0.3, -0.25) is 0 Å². The fourth-order valence-electron chi connectivity index (χ4n) is 6.07. The van der Waals surface area contributed by atoms with Gasteiger partial charge in [0, 0.05) is 0 Å². The van der Waals surface area contributed by atoms with Crippen LogP contribution in [-0.2, 0) is 6.42 Å². The van der Waals surface area contributed by atoms with Crippen molar-refractivity contribution in [1.82, 2.24) is 0 Å². The highest BCUT2D eigenvalue weighted by Crippen LogP contribution is 2.44. The molecule has 0 radical (unpaired) electrons. The van der Waals surface area contributed by atoms with Crippen molar-refractivity contribution in [2.75, 3.05) is 0 Å². The lowest BCUT2D eigenvalue weighted by molar-refractivity contribution is 0.155. The van der Waals surface area contributed by atoms with E-state index in [9.17, 15) is 0 Å². The van der Waals surface area contributed by atoms with Crippen LogP contribution in [0, 0.1) is 17.8 Å². The lowest BCUT2D eigenvalue weighted by atomic mass is 9.68. The van der Waals surface area contributed by atoms with E-state index in [4.69, 9.17) is 0 Å². The predicted molar refractivity (Wildman–Crippen MR) is 124 cm³/mol. The fraction of sp³-hybridized carbons (Fsp3) is 0.786. The standard InChI is InChI=1S/C28H46/c1-3-5-7-8-10-24-13-17-26(18-14-24)28-21-19-27(20-22-28)25-15-11-23(12-16-25)9-6-4-2/h11-12,15-16,24,26-28H,3-10,13-14,17-22H2,1-2H3. The number of hydrogen-bond donors (Lipinski definition) is 0. The third-order valence-corrected chi connectivity index (χ3v) is 8.07. The summed E-state index contributed by atoms with van der Waals surface area (Å²) in [5.74, 6) is 4.01. The van der Waals surface area contributed by atoms with Crippen LogP contribution in [0.2, 0.25) is 0 Å². The maximum absolute atomic E-state index is 2.44. The molecule has 2 fully saturated rings. The highest BCUT2D eigenvalue weighted by Gasteiger charge is 2.31. The zero-order valence-corrected chi connectivity index (χ0v) is 18.9. The van der Waals surface area contributed by atoms with Crippen LogP contribution in [0.3, 0.4) is 0 Å². The molecule has 1 aromatic rings. The lowest BCUT2D eigenvalue weighted by Gasteiger charge is -2.38. The molecule has 0 spiro atoms. The van der Waals surface area contributed by atoms with Crippen LogP contribution in [0.25, 0.3) is 0 Å². The molecule has 0 saturated heterocycles. The first kappa shape index (κ1) is 21.9. The molecule has 2 saturated carbocycles. The normalized spacial score (nSPS) is 28.4. The van der Waals surface area contributed by atoms with E-state index in [1.165, 1.54) is 95.5 Å². The molecule has 0 atom stereocenters. The van der Waals surface area contributed by atoms with Gasteiger partial charge in [-0.1, -0.05) is 89.5 Å². The van der Waals surface area contributed by atoms with E-state index in [0.717, 1.165) is 23.7 Å². The summed E-state index contributed by atoms with van der Waals surface area (Å²) in [6.45, 7) is 4.61. The Morgan fingerprint density at radius 1 is 0.643 bits per heavy atom. The number of rotatable bonds is 10. The van der Waals surface area contributed by atoms with E-state index < -0.39 is 0 Å². The molecule has 0 unspecified atom stereocenters. The summed E-state index contributed by atoms with van der Waals surface area (Å²) in [4.78, 5) is 0. The lowest BCUT2D eigenvalue weighted by Crippen LogP contribution is -2.25. The van der Waals surface area contributed by atoms with Crippen LogP contribution in [0.15, 0.2) is 24.3 Å². The Kier molecular flexibility index (Phi) is 9.42. The molecular weight excluding hydrogens is 336 g/mol. The van der Waals surface area contributed by atoms with E-state index in [1.807, 2.05) is 0 Å². The molecule has 1 aromatic carbocycles. The van der Waals surface area contributed by atoms with Crippen LogP contribution < -0.4 is 0 Å². The van der Waals surface area contributed by atoms with E-state index >= 15 is 0 Å². The summed E-state index contributed by atoms with van der Waals surface area (Å²) in [6, 6.07) is 9.69. The smallest absolute Gasteiger partial charge is 0.0162 e. The monoisotopic (exact) mass is 382 g/mol. The second-order valence-electron chi connectivity index (χ2n) is 10.1. The number of benzene rings is 1. The molecule has 0 aliphatic heterocycles. The number of hydrogen-bond acceptors (Lipinski definition) is 0. The zero-order valence-electron chi connectivity index (χ0n) is 18.9. The van der Waals surface area contributed by atoms with Gasteiger partial charge in [0.15, 0.2) is 0 Å². The van der Waals surface area contributed by atoms with E-state index in [-0.39, 0.29) is 0 Å². The van der Waals surface area contributed by atoms with Crippen molar-refractivity contribution < 1.29 is 0 Å². The van der Waals surface area contributed by atoms with Gasteiger partial charge in [-0.15, -0.1) is 0 Å². The van der Waals surface area contributed by atoms with Crippen molar-refractivity contribution in [3.63, 3.8) is 0 Å². The van der Waals surface area contributed by atoms with Crippen molar-refractivity contribution in [2.24, 2.45) is 17.8 Å². The average molecular weight is 383 g/mol. The Balaban J connectivity index is 1.36. The van der Waals surface area contributed by atoms with Gasteiger partial charge in [0.1, 0.15) is 0 Å². The first-order chi connectivity index (χ1) is 13.8. The van der Waals surface area contributed by atoms with Gasteiger partial charge in [0.05, 0.1) is 0 Å². The average Bonchev–Trinajstić information content (AvgIpc) is 2.76. The molecule has 2 aliphatic carbocycles. The maximum atomic E-state index is 2.44. The fourth-order valence-corrected chi connectivity index (χ4v) is 6.07. The van der Waals surface area contributed by atoms with Gasteiger partial charge in [-0.2, -0.15) is 0 Å². The molecular formula is C28H46. The van der Waals surface area contributed by atoms with E-state index in [1.54, 1.807) is 18.4 Å². The van der Waals surface area contributed by atoms with Crippen molar-refractivity contribution in [1.29, 1.82) is 0 Å². The highest BCUT2D eigenvalue weighted by atomic mass is 14.4. The maximum Gasteiger partial charge on any atom is -0.0162 e. The second-order valence-corrected chi connectivity index (χ2v) is 10.1. The van der Waals surface area contributed by atoms with Crippen molar-refractivity contribution in [3.05, 3.63) is 35.4 Å². The Bertz CT molecular complexity index is 511. The van der Waals surface area contributed by atoms with Gasteiger partial charge < -0.3 is 0 Å². The Morgan fingerprint density at radius 3 is 1.86 bits per heavy atom. The molecule has 3 rings (SSSR count). The molecule has 0 heteroatoms. The quantitative estimate of drug-likeness (QED) is 0.354. The molecule has 0 aromatic heterocycles. The molecule has 0 nitrogen and oxygen atoms in total. The van der Waals surface area contributed by atoms with Crippen LogP contribution in [-0.4, -0.2) is 0 Å². The van der Waals surface area contributed by atoms with Gasteiger partial charge in [0.25, 0.3) is 0 Å². The SMILES string of the molecule is CCCCCCC1CCC(C2CCC(c3ccc(CCCC)cc3)CC2)CC1. The summed E-state index contributed by atoms with van der Waals surface area (Å²) in [7, 11) is 0. The van der Waals surface area contributed by atoms with Crippen LogP contribution >= 0.6 is 0 Å². The minimum Gasteiger partial charge on any atom is -0.0654 e. The Labute approximate surface area is 175 Å². The van der Waals surface area contributed by atoms with Gasteiger partial charge in [-0.05, 0) is 86.2 Å². The van der Waals surface area contributed by atoms with Gasteiger partial charge in [-0.25, -0.2) is 0 Å².